The lowest BCUT2D eigenvalue weighted by Gasteiger charge is -2.31. The van der Waals surface area contributed by atoms with Crippen LogP contribution in [0.2, 0.25) is 0 Å². The first-order chi connectivity index (χ1) is 14.4. The van der Waals surface area contributed by atoms with Gasteiger partial charge in [-0.1, -0.05) is 18.2 Å². The minimum Gasteiger partial charge on any atom is -0.475 e. The van der Waals surface area contributed by atoms with E-state index in [0.717, 1.165) is 0 Å². The third-order valence-electron chi connectivity index (χ3n) is 5.14. The van der Waals surface area contributed by atoms with Crippen molar-refractivity contribution in [3.05, 3.63) is 59.5 Å². The molecule has 2 aromatic rings. The molecule has 6 nitrogen and oxygen atoms in total. The molecule has 3 rings (SSSR count). The monoisotopic (exact) mass is 413 g/mol. The number of hydrogen-bond acceptors (Lipinski definition) is 4. The molecule has 2 amide bonds. The molecule has 0 atom stereocenters. The van der Waals surface area contributed by atoms with Crippen molar-refractivity contribution < 1.29 is 18.7 Å². The number of hydrogen-bond donors (Lipinski definition) is 1. The number of amides is 2. The van der Waals surface area contributed by atoms with Gasteiger partial charge in [0.1, 0.15) is 5.82 Å². The second-order valence-corrected chi connectivity index (χ2v) is 7.75. The fraction of sp³-hybridized carbons (Fsp3) is 0.435. The van der Waals surface area contributed by atoms with Gasteiger partial charge in [0.05, 0.1) is 11.7 Å². The van der Waals surface area contributed by atoms with Crippen molar-refractivity contribution in [2.24, 2.45) is 5.92 Å². The molecule has 1 fully saturated rings. The normalized spacial score (nSPS) is 14.6. The van der Waals surface area contributed by atoms with E-state index < -0.39 is 0 Å². The Bertz CT molecular complexity index is 862. The maximum Gasteiger partial charge on any atom is 0.255 e. The summed E-state index contributed by atoms with van der Waals surface area (Å²) < 4.78 is 19.1. The van der Waals surface area contributed by atoms with Crippen molar-refractivity contribution in [2.75, 3.05) is 19.6 Å². The van der Waals surface area contributed by atoms with E-state index in [1.807, 2.05) is 13.8 Å². The minimum atomic E-state index is -0.253. The molecule has 1 N–H and O–H groups in total. The van der Waals surface area contributed by atoms with E-state index in [2.05, 4.69) is 10.3 Å². The maximum atomic E-state index is 13.6. The molecule has 1 aromatic carbocycles. The summed E-state index contributed by atoms with van der Waals surface area (Å²) in [5, 5.41) is 2.89. The average Bonchev–Trinajstić information content (AvgIpc) is 2.75. The van der Waals surface area contributed by atoms with Crippen LogP contribution in [0.4, 0.5) is 4.39 Å². The summed E-state index contributed by atoms with van der Waals surface area (Å²) >= 11 is 0. The molecule has 1 aliphatic heterocycles. The Balaban J connectivity index is 1.44. The Morgan fingerprint density at radius 2 is 1.93 bits per heavy atom. The highest BCUT2D eigenvalue weighted by Gasteiger charge is 2.27. The molecule has 0 bridgehead atoms. The zero-order chi connectivity index (χ0) is 21.5. The first-order valence-corrected chi connectivity index (χ1v) is 10.4. The van der Waals surface area contributed by atoms with Crippen molar-refractivity contribution in [1.82, 2.24) is 15.2 Å². The van der Waals surface area contributed by atoms with Crippen LogP contribution < -0.4 is 10.1 Å². The lowest BCUT2D eigenvalue weighted by molar-refractivity contribution is -0.126. The van der Waals surface area contributed by atoms with Gasteiger partial charge >= 0.3 is 0 Å². The summed E-state index contributed by atoms with van der Waals surface area (Å²) in [6.07, 6.45) is 3.23. The van der Waals surface area contributed by atoms with E-state index in [9.17, 15) is 14.0 Å². The number of rotatable bonds is 7. The van der Waals surface area contributed by atoms with Crippen LogP contribution in [0.3, 0.4) is 0 Å². The molecule has 2 heterocycles. The Morgan fingerprint density at radius 3 is 2.57 bits per heavy atom. The van der Waals surface area contributed by atoms with Crippen LogP contribution >= 0.6 is 0 Å². The van der Waals surface area contributed by atoms with Gasteiger partial charge in [-0.25, -0.2) is 9.37 Å². The molecule has 1 saturated heterocycles. The third kappa shape index (κ3) is 5.78. The summed E-state index contributed by atoms with van der Waals surface area (Å²) in [7, 11) is 0. The summed E-state index contributed by atoms with van der Waals surface area (Å²) in [5.41, 5.74) is 1.11. The smallest absolute Gasteiger partial charge is 0.255 e. The van der Waals surface area contributed by atoms with Crippen LogP contribution in [0, 0.1) is 11.7 Å². The number of piperidine rings is 1. The highest BCUT2D eigenvalue weighted by Crippen LogP contribution is 2.20. The quantitative estimate of drug-likeness (QED) is 0.757. The van der Waals surface area contributed by atoms with E-state index in [0.29, 0.717) is 55.9 Å². The number of aromatic nitrogens is 1. The largest absolute Gasteiger partial charge is 0.475 e. The number of halogens is 1. The van der Waals surface area contributed by atoms with Crippen LogP contribution in [0.15, 0.2) is 42.6 Å². The molecule has 1 aromatic heterocycles. The zero-order valence-corrected chi connectivity index (χ0v) is 17.4. The van der Waals surface area contributed by atoms with Crippen molar-refractivity contribution >= 4 is 11.8 Å². The van der Waals surface area contributed by atoms with Crippen LogP contribution in [0.25, 0.3) is 0 Å². The van der Waals surface area contributed by atoms with E-state index in [1.54, 1.807) is 35.2 Å². The molecular formula is C23H28FN3O3. The van der Waals surface area contributed by atoms with Gasteiger partial charge in [-0.05, 0) is 50.8 Å². The van der Waals surface area contributed by atoms with Gasteiger partial charge in [-0.3, -0.25) is 9.59 Å². The number of nitrogens with zero attached hydrogens (tertiary/aromatic N) is 2. The number of carbonyl (C=O) groups excluding carboxylic acids is 2. The standard InChI is InChI=1S/C23H28FN3O3/c1-16(2)30-21-8-7-19(15-26-21)23(29)27-13-10-18(11-14-27)22(28)25-12-9-17-5-3-4-6-20(17)24/h3-8,15-16,18H,9-14H2,1-2H3,(H,25,28). The zero-order valence-electron chi connectivity index (χ0n) is 17.4. The first kappa shape index (κ1) is 21.7. The molecular weight excluding hydrogens is 385 g/mol. The second-order valence-electron chi connectivity index (χ2n) is 7.75. The first-order valence-electron chi connectivity index (χ1n) is 10.4. The van der Waals surface area contributed by atoms with Crippen molar-refractivity contribution in [1.29, 1.82) is 0 Å². The van der Waals surface area contributed by atoms with E-state index in [4.69, 9.17) is 4.74 Å². The van der Waals surface area contributed by atoms with Gasteiger partial charge < -0.3 is 15.0 Å². The lowest BCUT2D eigenvalue weighted by Crippen LogP contribution is -2.43. The molecule has 30 heavy (non-hydrogen) atoms. The van der Waals surface area contributed by atoms with Gasteiger partial charge in [0.2, 0.25) is 11.8 Å². The van der Waals surface area contributed by atoms with Crippen LogP contribution in [-0.2, 0) is 11.2 Å². The fourth-order valence-corrected chi connectivity index (χ4v) is 3.51. The molecule has 0 saturated carbocycles. The van der Waals surface area contributed by atoms with Gasteiger partial charge in [0.15, 0.2) is 0 Å². The van der Waals surface area contributed by atoms with Gasteiger partial charge in [0, 0.05) is 37.8 Å². The van der Waals surface area contributed by atoms with Crippen LogP contribution in [0.5, 0.6) is 5.88 Å². The van der Waals surface area contributed by atoms with Gasteiger partial charge in [0.25, 0.3) is 5.91 Å². The highest BCUT2D eigenvalue weighted by molar-refractivity contribution is 5.94. The Labute approximate surface area is 176 Å². The number of nitrogens with one attached hydrogen (secondary N) is 1. The minimum absolute atomic E-state index is 0.0240. The molecule has 0 unspecified atom stereocenters. The van der Waals surface area contributed by atoms with E-state index >= 15 is 0 Å². The fourth-order valence-electron chi connectivity index (χ4n) is 3.51. The second kappa shape index (κ2) is 10.2. The molecule has 0 spiro atoms. The Kier molecular flexibility index (Phi) is 7.38. The predicted octanol–water partition coefficient (Wildman–Crippen LogP) is 3.22. The van der Waals surface area contributed by atoms with Gasteiger partial charge in [-0.2, -0.15) is 0 Å². The van der Waals surface area contributed by atoms with E-state index in [1.165, 1.54) is 12.3 Å². The third-order valence-corrected chi connectivity index (χ3v) is 5.14. The van der Waals surface area contributed by atoms with E-state index in [-0.39, 0.29) is 29.7 Å². The molecule has 0 aliphatic carbocycles. The summed E-state index contributed by atoms with van der Waals surface area (Å²) in [6.45, 7) is 5.28. The number of benzene rings is 1. The highest BCUT2D eigenvalue weighted by atomic mass is 19.1. The number of ether oxygens (including phenoxy) is 1. The summed E-state index contributed by atoms with van der Waals surface area (Å²) in [4.78, 5) is 31.0. The lowest BCUT2D eigenvalue weighted by atomic mass is 9.95. The SMILES string of the molecule is CC(C)Oc1ccc(C(=O)N2CCC(C(=O)NCCc3ccccc3F)CC2)cn1. The number of carbonyl (C=O) groups is 2. The Morgan fingerprint density at radius 1 is 1.20 bits per heavy atom. The molecule has 1 aliphatic rings. The Hall–Kier alpha value is -2.96. The van der Waals surface area contributed by atoms with Crippen molar-refractivity contribution in [3.8, 4) is 5.88 Å². The molecule has 160 valence electrons. The number of pyridine rings is 1. The maximum absolute atomic E-state index is 13.6. The van der Waals surface area contributed by atoms with Gasteiger partial charge in [-0.15, -0.1) is 0 Å². The summed E-state index contributed by atoms with van der Waals surface area (Å²) in [5.74, 6) is -0.00825. The molecule has 7 heteroatoms. The van der Waals surface area contributed by atoms with Crippen LogP contribution in [0.1, 0.15) is 42.6 Å². The summed E-state index contributed by atoms with van der Waals surface area (Å²) in [6, 6.07) is 9.99. The van der Waals surface area contributed by atoms with Crippen molar-refractivity contribution in [3.63, 3.8) is 0 Å². The van der Waals surface area contributed by atoms with Crippen molar-refractivity contribution in [2.45, 2.75) is 39.2 Å². The topological polar surface area (TPSA) is 71.5 Å². The molecule has 0 radical (unpaired) electrons. The predicted molar refractivity (Wildman–Crippen MR) is 112 cm³/mol. The average molecular weight is 413 g/mol. The van der Waals surface area contributed by atoms with Crippen LogP contribution in [-0.4, -0.2) is 47.4 Å². The number of likely N-dealkylation sites (tertiary alicyclic amines) is 1.